The minimum atomic E-state index is 0.0567. The van der Waals surface area contributed by atoms with Crippen LogP contribution in [0.15, 0.2) is 6.07 Å². The number of carbonyl (C=O) groups is 1. The summed E-state index contributed by atoms with van der Waals surface area (Å²) in [5, 5.41) is 9.86. The van der Waals surface area contributed by atoms with Gasteiger partial charge < -0.3 is 5.32 Å². The lowest BCUT2D eigenvalue weighted by Crippen LogP contribution is -2.20. The Bertz CT molecular complexity index is 346. The summed E-state index contributed by atoms with van der Waals surface area (Å²) in [5.74, 6) is 0.760. The predicted octanol–water partition coefficient (Wildman–Crippen LogP) is 3.13. The molecule has 1 unspecified atom stereocenters. The molecule has 0 saturated heterocycles. The number of nitrogens with zero attached hydrogens (tertiary/aromatic N) is 1. The van der Waals surface area contributed by atoms with E-state index in [1.165, 1.54) is 0 Å². The van der Waals surface area contributed by atoms with Crippen molar-refractivity contribution in [2.75, 3.05) is 5.32 Å². The van der Waals surface area contributed by atoms with Crippen molar-refractivity contribution in [2.45, 2.75) is 52.9 Å². The highest BCUT2D eigenvalue weighted by Gasteiger charge is 2.13. The minimum Gasteiger partial charge on any atom is -0.309 e. The van der Waals surface area contributed by atoms with Crippen LogP contribution in [0, 0.1) is 5.92 Å². The average molecular weight is 237 g/mol. The fourth-order valence-corrected chi connectivity index (χ4v) is 1.71. The fourth-order valence-electron chi connectivity index (χ4n) is 1.71. The van der Waals surface area contributed by atoms with Gasteiger partial charge in [-0.2, -0.15) is 5.10 Å². The second kappa shape index (κ2) is 7.09. The van der Waals surface area contributed by atoms with Gasteiger partial charge in [0.25, 0.3) is 0 Å². The molecular weight excluding hydrogens is 214 g/mol. The fraction of sp³-hybridized carbons (Fsp3) is 0.692. The Labute approximate surface area is 103 Å². The van der Waals surface area contributed by atoms with E-state index in [0.29, 0.717) is 5.82 Å². The third-order valence-electron chi connectivity index (χ3n) is 2.84. The molecule has 1 heterocycles. The molecule has 0 bridgehead atoms. The molecule has 0 spiro atoms. The van der Waals surface area contributed by atoms with Crippen LogP contribution in [0.25, 0.3) is 0 Å². The number of aryl methyl sites for hydroxylation is 1. The molecule has 0 radical (unpaired) electrons. The monoisotopic (exact) mass is 237 g/mol. The molecule has 4 nitrogen and oxygen atoms in total. The van der Waals surface area contributed by atoms with Gasteiger partial charge in [-0.1, -0.05) is 40.0 Å². The molecule has 0 aliphatic rings. The number of H-pyrrole nitrogens is 1. The van der Waals surface area contributed by atoms with Gasteiger partial charge in [0.05, 0.1) is 0 Å². The first kappa shape index (κ1) is 13.7. The molecule has 0 aliphatic carbocycles. The zero-order valence-corrected chi connectivity index (χ0v) is 11.0. The van der Waals surface area contributed by atoms with Crippen molar-refractivity contribution in [1.82, 2.24) is 10.2 Å². The molecule has 4 heteroatoms. The van der Waals surface area contributed by atoms with Gasteiger partial charge in [-0.25, -0.2) is 0 Å². The van der Waals surface area contributed by atoms with Crippen LogP contribution in [0.5, 0.6) is 0 Å². The maximum Gasteiger partial charge on any atom is 0.228 e. The van der Waals surface area contributed by atoms with Gasteiger partial charge in [-0.3, -0.25) is 9.89 Å². The van der Waals surface area contributed by atoms with Crippen molar-refractivity contribution in [2.24, 2.45) is 5.92 Å². The number of unbranched alkanes of at least 4 members (excludes halogenated alkanes) is 1. The summed E-state index contributed by atoms with van der Waals surface area (Å²) in [5.41, 5.74) is 1.07. The van der Waals surface area contributed by atoms with E-state index in [0.717, 1.165) is 37.8 Å². The van der Waals surface area contributed by atoms with Crippen molar-refractivity contribution in [3.05, 3.63) is 11.8 Å². The van der Waals surface area contributed by atoms with Gasteiger partial charge in [-0.15, -0.1) is 0 Å². The Hall–Kier alpha value is -1.32. The lowest BCUT2D eigenvalue weighted by molar-refractivity contribution is -0.119. The van der Waals surface area contributed by atoms with Crippen LogP contribution in [0.1, 0.15) is 52.1 Å². The molecule has 2 N–H and O–H groups in total. The molecule has 1 aromatic rings. The van der Waals surface area contributed by atoms with Crippen LogP contribution in [-0.4, -0.2) is 16.1 Å². The zero-order chi connectivity index (χ0) is 12.7. The van der Waals surface area contributed by atoms with Crippen LogP contribution in [0.2, 0.25) is 0 Å². The van der Waals surface area contributed by atoms with Gasteiger partial charge in [0.1, 0.15) is 0 Å². The van der Waals surface area contributed by atoms with E-state index in [1.807, 2.05) is 13.0 Å². The van der Waals surface area contributed by atoms with Gasteiger partial charge in [-0.05, 0) is 12.8 Å². The summed E-state index contributed by atoms with van der Waals surface area (Å²) in [7, 11) is 0. The highest BCUT2D eigenvalue weighted by molar-refractivity contribution is 5.91. The van der Waals surface area contributed by atoms with E-state index in [4.69, 9.17) is 0 Å². The molecule has 1 rings (SSSR count). The van der Waals surface area contributed by atoms with E-state index in [1.54, 1.807) is 0 Å². The highest BCUT2D eigenvalue weighted by Crippen LogP contribution is 2.12. The molecule has 0 aromatic carbocycles. The summed E-state index contributed by atoms with van der Waals surface area (Å²) in [4.78, 5) is 11.8. The molecule has 0 aliphatic heterocycles. The molecule has 1 atom stereocenters. The third kappa shape index (κ3) is 4.59. The molecule has 0 fully saturated rings. The second-order valence-electron chi connectivity index (χ2n) is 4.56. The smallest absolute Gasteiger partial charge is 0.228 e. The Morgan fingerprint density at radius 3 is 2.88 bits per heavy atom. The maximum atomic E-state index is 11.8. The van der Waals surface area contributed by atoms with Crippen LogP contribution < -0.4 is 5.32 Å². The van der Waals surface area contributed by atoms with E-state index in [2.05, 4.69) is 29.4 Å². The van der Waals surface area contributed by atoms with Gasteiger partial charge in [0.15, 0.2) is 5.82 Å². The summed E-state index contributed by atoms with van der Waals surface area (Å²) >= 11 is 0. The van der Waals surface area contributed by atoms with Crippen molar-refractivity contribution in [3.8, 4) is 0 Å². The number of hydrogen-bond donors (Lipinski definition) is 2. The molecule has 0 saturated carbocycles. The summed E-state index contributed by atoms with van der Waals surface area (Å²) in [6, 6.07) is 1.91. The molecule has 1 aromatic heterocycles. The number of nitrogens with one attached hydrogen (secondary N) is 2. The minimum absolute atomic E-state index is 0.0567. The summed E-state index contributed by atoms with van der Waals surface area (Å²) < 4.78 is 0. The number of rotatable bonds is 7. The quantitative estimate of drug-likeness (QED) is 0.765. The van der Waals surface area contributed by atoms with Crippen LogP contribution in [0.4, 0.5) is 5.82 Å². The van der Waals surface area contributed by atoms with Crippen molar-refractivity contribution < 1.29 is 4.79 Å². The Morgan fingerprint density at radius 1 is 1.47 bits per heavy atom. The Kier molecular flexibility index (Phi) is 5.73. The maximum absolute atomic E-state index is 11.8. The zero-order valence-electron chi connectivity index (χ0n) is 11.0. The predicted molar refractivity (Wildman–Crippen MR) is 69.9 cm³/mol. The molecule has 1 amide bonds. The number of hydrogen-bond acceptors (Lipinski definition) is 2. The molecule has 17 heavy (non-hydrogen) atoms. The second-order valence-corrected chi connectivity index (χ2v) is 4.56. The summed E-state index contributed by atoms with van der Waals surface area (Å²) in [6.07, 6.45) is 5.20. The SMILES string of the molecule is CCCCC(C)C(=O)Nc1cc(CCC)[nH]n1. The standard InChI is InChI=1S/C13H23N3O/c1-4-6-8-10(3)13(17)14-12-9-11(7-5-2)15-16-12/h9-10H,4-8H2,1-3H3,(H2,14,15,16,17). The van der Waals surface area contributed by atoms with Gasteiger partial charge in [0, 0.05) is 17.7 Å². The van der Waals surface area contributed by atoms with Crippen LogP contribution in [-0.2, 0) is 11.2 Å². The van der Waals surface area contributed by atoms with E-state index in [9.17, 15) is 4.79 Å². The van der Waals surface area contributed by atoms with Crippen molar-refractivity contribution in [1.29, 1.82) is 0 Å². The topological polar surface area (TPSA) is 57.8 Å². The van der Waals surface area contributed by atoms with Crippen LogP contribution >= 0.6 is 0 Å². The van der Waals surface area contributed by atoms with Gasteiger partial charge >= 0.3 is 0 Å². The number of aromatic nitrogens is 2. The third-order valence-corrected chi connectivity index (χ3v) is 2.84. The first-order valence-electron chi connectivity index (χ1n) is 6.52. The van der Waals surface area contributed by atoms with E-state index in [-0.39, 0.29) is 11.8 Å². The number of carbonyl (C=O) groups excluding carboxylic acids is 1. The lowest BCUT2D eigenvalue weighted by Gasteiger charge is -2.09. The molecule has 96 valence electrons. The van der Waals surface area contributed by atoms with Gasteiger partial charge in [0.2, 0.25) is 5.91 Å². The normalized spacial score (nSPS) is 12.4. The van der Waals surface area contributed by atoms with Crippen molar-refractivity contribution in [3.63, 3.8) is 0 Å². The van der Waals surface area contributed by atoms with Crippen LogP contribution in [0.3, 0.4) is 0 Å². The number of amides is 1. The average Bonchev–Trinajstić information content (AvgIpc) is 2.74. The van der Waals surface area contributed by atoms with Crippen molar-refractivity contribution >= 4 is 11.7 Å². The Balaban J connectivity index is 2.43. The largest absolute Gasteiger partial charge is 0.309 e. The summed E-state index contributed by atoms with van der Waals surface area (Å²) in [6.45, 7) is 6.21. The number of anilines is 1. The first-order chi connectivity index (χ1) is 8.17. The first-order valence-corrected chi connectivity index (χ1v) is 6.52. The lowest BCUT2D eigenvalue weighted by atomic mass is 10.0. The number of aromatic amines is 1. The molecular formula is C13H23N3O. The Morgan fingerprint density at radius 2 is 2.24 bits per heavy atom. The highest BCUT2D eigenvalue weighted by atomic mass is 16.1. The van der Waals surface area contributed by atoms with E-state index >= 15 is 0 Å². The van der Waals surface area contributed by atoms with E-state index < -0.39 is 0 Å².